The van der Waals surface area contributed by atoms with Gasteiger partial charge in [-0.05, 0) is 49.8 Å². The average molecular weight is 373 g/mol. The molecule has 1 aromatic carbocycles. The van der Waals surface area contributed by atoms with E-state index in [1.807, 2.05) is 30.3 Å². The Morgan fingerprint density at radius 1 is 1.15 bits per heavy atom. The molecular weight excluding hydrogens is 350 g/mol. The Bertz CT molecular complexity index is 770. The van der Waals surface area contributed by atoms with E-state index in [4.69, 9.17) is 9.47 Å². The van der Waals surface area contributed by atoms with E-state index in [0.717, 1.165) is 37.0 Å². The summed E-state index contributed by atoms with van der Waals surface area (Å²) in [5.41, 5.74) is 1.59. The number of anilines is 1. The third kappa shape index (κ3) is 4.43. The van der Waals surface area contributed by atoms with E-state index in [2.05, 4.69) is 5.32 Å². The minimum Gasteiger partial charge on any atom is -0.494 e. The minimum absolute atomic E-state index is 0.106. The lowest BCUT2D eigenvalue weighted by molar-refractivity contribution is -0.116. The zero-order chi connectivity index (χ0) is 18.4. The van der Waals surface area contributed by atoms with Crippen molar-refractivity contribution < 1.29 is 19.1 Å². The molecule has 1 amide bonds. The number of methoxy groups -OCH3 is 1. The molecule has 0 bridgehead atoms. The quantitative estimate of drug-likeness (QED) is 0.583. The van der Waals surface area contributed by atoms with Crippen molar-refractivity contribution >= 4 is 28.2 Å². The van der Waals surface area contributed by atoms with Crippen molar-refractivity contribution in [2.45, 2.75) is 38.5 Å². The monoisotopic (exact) mass is 373 g/mol. The lowest BCUT2D eigenvalue weighted by Gasteiger charge is -2.11. The van der Waals surface area contributed by atoms with Gasteiger partial charge >= 0.3 is 5.97 Å². The van der Waals surface area contributed by atoms with Gasteiger partial charge in [-0.1, -0.05) is 18.2 Å². The SMILES string of the molecule is COC(=O)c1c(NC(=O)CCCOc2ccccc2)sc2c1CCCC2. The summed E-state index contributed by atoms with van der Waals surface area (Å²) >= 11 is 1.51. The molecule has 1 aromatic heterocycles. The van der Waals surface area contributed by atoms with Gasteiger partial charge in [0.15, 0.2) is 0 Å². The summed E-state index contributed by atoms with van der Waals surface area (Å²) in [5, 5.41) is 3.53. The maximum atomic E-state index is 12.3. The van der Waals surface area contributed by atoms with Gasteiger partial charge in [0.25, 0.3) is 0 Å². The molecule has 0 saturated carbocycles. The first-order valence-electron chi connectivity index (χ1n) is 8.89. The Hall–Kier alpha value is -2.34. The first-order valence-corrected chi connectivity index (χ1v) is 9.71. The number of aryl methyl sites for hydroxylation is 1. The molecule has 1 aliphatic carbocycles. The summed E-state index contributed by atoms with van der Waals surface area (Å²) in [6, 6.07) is 9.53. The number of esters is 1. The molecule has 0 atom stereocenters. The van der Waals surface area contributed by atoms with Gasteiger partial charge in [-0.2, -0.15) is 0 Å². The first-order chi connectivity index (χ1) is 12.7. The summed E-state index contributed by atoms with van der Waals surface area (Å²) in [6.07, 6.45) is 4.98. The van der Waals surface area contributed by atoms with Crippen molar-refractivity contribution in [1.82, 2.24) is 0 Å². The lowest BCUT2D eigenvalue weighted by Crippen LogP contribution is -2.15. The minimum atomic E-state index is -0.368. The van der Waals surface area contributed by atoms with E-state index in [0.29, 0.717) is 30.0 Å². The van der Waals surface area contributed by atoms with Crippen molar-refractivity contribution in [1.29, 1.82) is 0 Å². The van der Waals surface area contributed by atoms with Gasteiger partial charge in [-0.25, -0.2) is 4.79 Å². The van der Waals surface area contributed by atoms with Crippen LogP contribution in [0.2, 0.25) is 0 Å². The molecular formula is C20H23NO4S. The third-order valence-corrected chi connectivity index (χ3v) is 5.58. The van der Waals surface area contributed by atoms with Crippen LogP contribution in [0, 0.1) is 0 Å². The van der Waals surface area contributed by atoms with E-state index >= 15 is 0 Å². The largest absolute Gasteiger partial charge is 0.494 e. The highest BCUT2D eigenvalue weighted by Crippen LogP contribution is 2.38. The number of fused-ring (bicyclic) bond motifs is 1. The van der Waals surface area contributed by atoms with Crippen molar-refractivity contribution in [2.24, 2.45) is 0 Å². The Balaban J connectivity index is 1.57. The topological polar surface area (TPSA) is 64.6 Å². The Morgan fingerprint density at radius 3 is 2.69 bits per heavy atom. The smallest absolute Gasteiger partial charge is 0.341 e. The molecule has 0 spiro atoms. The first kappa shape index (κ1) is 18.5. The van der Waals surface area contributed by atoms with Gasteiger partial charge in [-0.3, -0.25) is 4.79 Å². The second kappa shape index (κ2) is 8.85. The summed E-state index contributed by atoms with van der Waals surface area (Å²) in [6.45, 7) is 0.474. The molecule has 5 nitrogen and oxygen atoms in total. The summed E-state index contributed by atoms with van der Waals surface area (Å²) in [4.78, 5) is 25.7. The van der Waals surface area contributed by atoms with Crippen LogP contribution in [0.1, 0.15) is 46.5 Å². The number of amides is 1. The second-order valence-corrected chi connectivity index (χ2v) is 7.33. The summed E-state index contributed by atoms with van der Waals surface area (Å²) in [5.74, 6) is 0.323. The van der Waals surface area contributed by atoms with Crippen LogP contribution in [0.5, 0.6) is 5.75 Å². The van der Waals surface area contributed by atoms with Crippen molar-refractivity contribution in [3.8, 4) is 5.75 Å². The fourth-order valence-corrected chi connectivity index (χ4v) is 4.39. The molecule has 1 aliphatic rings. The number of hydrogen-bond donors (Lipinski definition) is 1. The maximum absolute atomic E-state index is 12.3. The van der Waals surface area contributed by atoms with E-state index in [1.54, 1.807) is 0 Å². The molecule has 0 unspecified atom stereocenters. The standard InChI is InChI=1S/C20H23NO4S/c1-24-20(23)18-15-10-5-6-11-16(15)26-19(18)21-17(22)12-7-13-25-14-8-3-2-4-9-14/h2-4,8-9H,5-7,10-13H2,1H3,(H,21,22). The Labute approximate surface area is 157 Å². The zero-order valence-electron chi connectivity index (χ0n) is 14.9. The summed E-state index contributed by atoms with van der Waals surface area (Å²) < 4.78 is 10.5. The average Bonchev–Trinajstić information content (AvgIpc) is 3.03. The van der Waals surface area contributed by atoms with Gasteiger partial charge in [0.05, 0.1) is 19.3 Å². The lowest BCUT2D eigenvalue weighted by atomic mass is 9.95. The maximum Gasteiger partial charge on any atom is 0.341 e. The summed E-state index contributed by atoms with van der Waals surface area (Å²) in [7, 11) is 1.38. The fourth-order valence-electron chi connectivity index (χ4n) is 3.10. The molecule has 6 heteroatoms. The van der Waals surface area contributed by atoms with E-state index in [-0.39, 0.29) is 11.9 Å². The number of benzene rings is 1. The van der Waals surface area contributed by atoms with Crippen LogP contribution >= 0.6 is 11.3 Å². The van der Waals surface area contributed by atoms with E-state index in [1.165, 1.54) is 23.3 Å². The number of para-hydroxylation sites is 1. The number of hydrogen-bond acceptors (Lipinski definition) is 5. The number of carbonyl (C=O) groups excluding carboxylic acids is 2. The zero-order valence-corrected chi connectivity index (χ0v) is 15.7. The predicted molar refractivity (Wildman–Crippen MR) is 102 cm³/mol. The van der Waals surface area contributed by atoms with Crippen LogP contribution in [-0.2, 0) is 22.4 Å². The molecule has 138 valence electrons. The van der Waals surface area contributed by atoms with Crippen LogP contribution in [0.4, 0.5) is 5.00 Å². The molecule has 3 rings (SSSR count). The Morgan fingerprint density at radius 2 is 1.92 bits per heavy atom. The number of rotatable bonds is 7. The third-order valence-electron chi connectivity index (χ3n) is 4.37. The highest BCUT2D eigenvalue weighted by Gasteiger charge is 2.26. The van der Waals surface area contributed by atoms with Gasteiger partial charge in [-0.15, -0.1) is 11.3 Å². The number of carbonyl (C=O) groups is 2. The number of ether oxygens (including phenoxy) is 2. The van der Waals surface area contributed by atoms with Crippen LogP contribution in [0.15, 0.2) is 30.3 Å². The number of nitrogens with one attached hydrogen (secondary N) is 1. The van der Waals surface area contributed by atoms with Crippen LogP contribution in [-0.4, -0.2) is 25.6 Å². The van der Waals surface area contributed by atoms with Crippen molar-refractivity contribution in [2.75, 3.05) is 19.0 Å². The van der Waals surface area contributed by atoms with Gasteiger partial charge in [0.2, 0.25) is 5.91 Å². The molecule has 0 radical (unpaired) electrons. The van der Waals surface area contributed by atoms with Crippen LogP contribution in [0.25, 0.3) is 0 Å². The van der Waals surface area contributed by atoms with E-state index in [9.17, 15) is 9.59 Å². The Kier molecular flexibility index (Phi) is 6.28. The molecule has 2 aromatic rings. The van der Waals surface area contributed by atoms with Crippen molar-refractivity contribution in [3.05, 3.63) is 46.3 Å². The van der Waals surface area contributed by atoms with Gasteiger partial charge < -0.3 is 14.8 Å². The molecule has 1 N–H and O–H groups in total. The van der Waals surface area contributed by atoms with Crippen LogP contribution < -0.4 is 10.1 Å². The predicted octanol–water partition coefficient (Wildman–Crippen LogP) is 4.21. The molecule has 0 saturated heterocycles. The van der Waals surface area contributed by atoms with E-state index < -0.39 is 0 Å². The molecule has 0 fully saturated rings. The second-order valence-electron chi connectivity index (χ2n) is 6.22. The normalized spacial score (nSPS) is 13.0. The molecule has 26 heavy (non-hydrogen) atoms. The molecule has 0 aliphatic heterocycles. The fraction of sp³-hybridized carbons (Fsp3) is 0.400. The van der Waals surface area contributed by atoms with Crippen LogP contribution in [0.3, 0.4) is 0 Å². The highest BCUT2D eigenvalue weighted by atomic mass is 32.1. The van der Waals surface area contributed by atoms with Gasteiger partial charge in [0.1, 0.15) is 10.8 Å². The molecule has 1 heterocycles. The van der Waals surface area contributed by atoms with Crippen molar-refractivity contribution in [3.63, 3.8) is 0 Å². The van der Waals surface area contributed by atoms with Gasteiger partial charge in [0, 0.05) is 11.3 Å². The highest BCUT2D eigenvalue weighted by molar-refractivity contribution is 7.17. The number of thiophene rings is 1.